The Hall–Kier alpha value is -2.16. The number of nitrogens with zero attached hydrogens (tertiary/aromatic N) is 2. The molecule has 132 valence electrons. The fourth-order valence-corrected chi connectivity index (χ4v) is 3.59. The summed E-state index contributed by atoms with van der Waals surface area (Å²) >= 11 is 0. The Labute approximate surface area is 151 Å². The van der Waals surface area contributed by atoms with Crippen LogP contribution in [0.3, 0.4) is 0 Å². The second-order valence-electron chi connectivity index (χ2n) is 8.27. The number of hydrogen-bond acceptors (Lipinski definition) is 2. The number of rotatable bonds is 3. The molecular formula is C22H28N2O. The molecule has 1 saturated heterocycles. The predicted molar refractivity (Wildman–Crippen MR) is 102 cm³/mol. The molecule has 0 saturated carbocycles. The molecule has 0 spiro atoms. The van der Waals surface area contributed by atoms with Gasteiger partial charge in [-0.1, -0.05) is 51.1 Å². The monoisotopic (exact) mass is 336 g/mol. The summed E-state index contributed by atoms with van der Waals surface area (Å²) in [7, 11) is 0. The van der Waals surface area contributed by atoms with Crippen LogP contribution in [0.2, 0.25) is 0 Å². The highest BCUT2D eigenvalue weighted by Crippen LogP contribution is 2.35. The smallest absolute Gasteiger partial charge is 0.223 e. The van der Waals surface area contributed by atoms with Gasteiger partial charge in [-0.15, -0.1) is 0 Å². The van der Waals surface area contributed by atoms with E-state index in [-0.39, 0.29) is 17.4 Å². The molecule has 1 aliphatic rings. The van der Waals surface area contributed by atoms with Crippen LogP contribution in [0.5, 0.6) is 0 Å². The highest BCUT2D eigenvalue weighted by atomic mass is 16.2. The van der Waals surface area contributed by atoms with Crippen molar-refractivity contribution in [3.8, 4) is 11.1 Å². The van der Waals surface area contributed by atoms with Crippen molar-refractivity contribution in [2.24, 2.45) is 5.41 Å². The van der Waals surface area contributed by atoms with E-state index in [1.54, 1.807) is 0 Å². The van der Waals surface area contributed by atoms with Crippen LogP contribution in [0.15, 0.2) is 42.5 Å². The zero-order chi connectivity index (χ0) is 18.0. The molecule has 0 radical (unpaired) electrons. The molecule has 2 aromatic rings. The largest absolute Gasteiger partial charge is 0.334 e. The normalized spacial score (nSPS) is 17.8. The van der Waals surface area contributed by atoms with Crippen LogP contribution >= 0.6 is 0 Å². The molecule has 1 atom stereocenters. The van der Waals surface area contributed by atoms with Crippen molar-refractivity contribution in [1.82, 2.24) is 9.88 Å². The standard InChI is InChI=1S/C22H28N2O/c1-16-13-18(17-9-6-5-7-10-17)14-19(23-16)20-11-8-12-24(20)21(25)15-22(2,3)4/h5-7,9-10,13-14,20H,8,11-12,15H2,1-4H3/t20-/m1/s1. The SMILES string of the molecule is Cc1cc(-c2ccccc2)cc([C@H]2CCCN2C(=O)CC(C)(C)C)n1. The molecule has 1 aromatic heterocycles. The lowest BCUT2D eigenvalue weighted by molar-refractivity contribution is -0.134. The van der Waals surface area contributed by atoms with Gasteiger partial charge in [-0.05, 0) is 48.4 Å². The van der Waals surface area contributed by atoms with E-state index in [4.69, 9.17) is 4.98 Å². The minimum atomic E-state index is 0.0133. The Morgan fingerprint density at radius 1 is 1.16 bits per heavy atom. The fraction of sp³-hybridized carbons (Fsp3) is 0.455. The minimum absolute atomic E-state index is 0.0133. The van der Waals surface area contributed by atoms with Gasteiger partial charge >= 0.3 is 0 Å². The molecule has 3 rings (SSSR count). The Bertz CT molecular complexity index is 746. The molecule has 0 unspecified atom stereocenters. The second kappa shape index (κ2) is 6.99. The van der Waals surface area contributed by atoms with E-state index in [1.165, 1.54) is 11.1 Å². The van der Waals surface area contributed by atoms with E-state index in [9.17, 15) is 4.79 Å². The maximum atomic E-state index is 12.8. The topological polar surface area (TPSA) is 33.2 Å². The van der Waals surface area contributed by atoms with Gasteiger partial charge in [-0.2, -0.15) is 0 Å². The minimum Gasteiger partial charge on any atom is -0.334 e. The number of amides is 1. The fourth-order valence-electron chi connectivity index (χ4n) is 3.59. The number of likely N-dealkylation sites (tertiary alicyclic amines) is 1. The number of aromatic nitrogens is 1. The molecule has 1 aromatic carbocycles. The number of benzene rings is 1. The van der Waals surface area contributed by atoms with Gasteiger partial charge in [0.05, 0.1) is 11.7 Å². The third-order valence-electron chi connectivity index (χ3n) is 4.68. The number of carbonyl (C=O) groups is 1. The van der Waals surface area contributed by atoms with Gasteiger partial charge in [0.1, 0.15) is 0 Å². The number of aryl methyl sites for hydroxylation is 1. The molecule has 25 heavy (non-hydrogen) atoms. The lowest BCUT2D eigenvalue weighted by Gasteiger charge is -2.28. The summed E-state index contributed by atoms with van der Waals surface area (Å²) in [5.41, 5.74) is 4.42. The molecule has 1 aliphatic heterocycles. The summed E-state index contributed by atoms with van der Waals surface area (Å²) in [5, 5.41) is 0. The van der Waals surface area contributed by atoms with E-state index in [2.05, 4.69) is 57.2 Å². The van der Waals surface area contributed by atoms with Crippen LogP contribution in [-0.2, 0) is 4.79 Å². The zero-order valence-electron chi connectivity index (χ0n) is 15.7. The lowest BCUT2D eigenvalue weighted by Crippen LogP contribution is -2.33. The van der Waals surface area contributed by atoms with Gasteiger partial charge in [0.15, 0.2) is 0 Å². The highest BCUT2D eigenvalue weighted by Gasteiger charge is 2.32. The zero-order valence-corrected chi connectivity index (χ0v) is 15.7. The average molecular weight is 336 g/mol. The maximum absolute atomic E-state index is 12.8. The Balaban J connectivity index is 1.90. The molecular weight excluding hydrogens is 308 g/mol. The summed E-state index contributed by atoms with van der Waals surface area (Å²) < 4.78 is 0. The average Bonchev–Trinajstić information content (AvgIpc) is 3.03. The van der Waals surface area contributed by atoms with Gasteiger partial charge < -0.3 is 4.90 Å². The quantitative estimate of drug-likeness (QED) is 0.776. The van der Waals surface area contributed by atoms with Crippen molar-refractivity contribution in [3.63, 3.8) is 0 Å². The van der Waals surface area contributed by atoms with Crippen molar-refractivity contribution in [2.45, 2.75) is 53.0 Å². The number of hydrogen-bond donors (Lipinski definition) is 0. The van der Waals surface area contributed by atoms with Crippen LogP contribution in [0, 0.1) is 12.3 Å². The van der Waals surface area contributed by atoms with Crippen molar-refractivity contribution >= 4 is 5.91 Å². The van der Waals surface area contributed by atoms with Crippen LogP contribution in [0.1, 0.15) is 57.5 Å². The summed E-state index contributed by atoms with van der Waals surface area (Å²) in [6.07, 6.45) is 2.64. The molecule has 0 bridgehead atoms. The predicted octanol–water partition coefficient (Wildman–Crippen LogP) is 5.16. The number of pyridine rings is 1. The van der Waals surface area contributed by atoms with Crippen LogP contribution in [-0.4, -0.2) is 22.3 Å². The van der Waals surface area contributed by atoms with Crippen LogP contribution in [0.25, 0.3) is 11.1 Å². The third kappa shape index (κ3) is 4.28. The molecule has 1 amide bonds. The van der Waals surface area contributed by atoms with Crippen molar-refractivity contribution in [1.29, 1.82) is 0 Å². The van der Waals surface area contributed by atoms with E-state index in [0.29, 0.717) is 6.42 Å². The van der Waals surface area contributed by atoms with Crippen LogP contribution in [0.4, 0.5) is 0 Å². The molecule has 3 heteroatoms. The number of carbonyl (C=O) groups excluding carboxylic acids is 1. The van der Waals surface area contributed by atoms with Gasteiger partial charge in [0.25, 0.3) is 0 Å². The summed E-state index contributed by atoms with van der Waals surface area (Å²) in [5.74, 6) is 0.250. The molecule has 1 fully saturated rings. The van der Waals surface area contributed by atoms with Gasteiger partial charge in [0.2, 0.25) is 5.91 Å². The van der Waals surface area contributed by atoms with Gasteiger partial charge in [-0.3, -0.25) is 9.78 Å². The first kappa shape index (κ1) is 17.7. The second-order valence-corrected chi connectivity index (χ2v) is 8.27. The third-order valence-corrected chi connectivity index (χ3v) is 4.68. The van der Waals surface area contributed by atoms with E-state index >= 15 is 0 Å². The first-order chi connectivity index (χ1) is 11.8. The van der Waals surface area contributed by atoms with Crippen molar-refractivity contribution in [2.75, 3.05) is 6.54 Å². The first-order valence-corrected chi connectivity index (χ1v) is 9.17. The van der Waals surface area contributed by atoms with Gasteiger partial charge in [0, 0.05) is 18.7 Å². The van der Waals surface area contributed by atoms with E-state index in [1.807, 2.05) is 17.9 Å². The van der Waals surface area contributed by atoms with E-state index < -0.39 is 0 Å². The molecule has 2 heterocycles. The van der Waals surface area contributed by atoms with E-state index in [0.717, 1.165) is 30.8 Å². The van der Waals surface area contributed by atoms with Crippen molar-refractivity contribution < 1.29 is 4.79 Å². The van der Waals surface area contributed by atoms with Gasteiger partial charge in [-0.25, -0.2) is 0 Å². The van der Waals surface area contributed by atoms with Crippen molar-refractivity contribution in [3.05, 3.63) is 53.9 Å². The molecule has 0 aliphatic carbocycles. The van der Waals surface area contributed by atoms with Crippen LogP contribution < -0.4 is 0 Å². The highest BCUT2D eigenvalue weighted by molar-refractivity contribution is 5.77. The maximum Gasteiger partial charge on any atom is 0.223 e. The summed E-state index contributed by atoms with van der Waals surface area (Å²) in [4.78, 5) is 19.6. The summed E-state index contributed by atoms with van der Waals surface area (Å²) in [6.45, 7) is 9.24. The lowest BCUT2D eigenvalue weighted by atomic mass is 9.91. The Morgan fingerprint density at radius 2 is 1.88 bits per heavy atom. The Kier molecular flexibility index (Phi) is 4.94. The summed E-state index contributed by atoms with van der Waals surface area (Å²) in [6, 6.07) is 14.8. The molecule has 3 nitrogen and oxygen atoms in total. The first-order valence-electron chi connectivity index (χ1n) is 9.17. The molecule has 0 N–H and O–H groups in total. The Morgan fingerprint density at radius 3 is 2.56 bits per heavy atom.